The number of benzene rings is 2. The van der Waals surface area contributed by atoms with Crippen LogP contribution in [0.15, 0.2) is 59.7 Å². The molecule has 2 aromatic carbocycles. The predicted octanol–water partition coefficient (Wildman–Crippen LogP) is 4.05. The highest BCUT2D eigenvalue weighted by molar-refractivity contribution is 6.00. The van der Waals surface area contributed by atoms with E-state index < -0.39 is 0 Å². The second-order valence-electron chi connectivity index (χ2n) is 3.90. The summed E-state index contributed by atoms with van der Waals surface area (Å²) in [5.41, 5.74) is 5.78. The largest absolute Gasteiger partial charge is 0.278 e. The molecule has 0 bridgehead atoms. The van der Waals surface area contributed by atoms with E-state index in [1.165, 1.54) is 12.1 Å². The van der Waals surface area contributed by atoms with Gasteiger partial charge >= 0.3 is 0 Å². The van der Waals surface area contributed by atoms with E-state index in [4.69, 9.17) is 0 Å². The van der Waals surface area contributed by atoms with Crippen LogP contribution < -0.4 is 5.43 Å². The maximum Gasteiger partial charge on any atom is 0.123 e. The maximum atomic E-state index is 12.8. The fraction of sp³-hybridized carbons (Fsp3) is 0.133. The molecule has 0 saturated heterocycles. The lowest BCUT2D eigenvalue weighted by Gasteiger charge is -2.05. The van der Waals surface area contributed by atoms with Gasteiger partial charge in [0.1, 0.15) is 5.82 Å². The van der Waals surface area contributed by atoms with Crippen LogP contribution in [0.2, 0.25) is 0 Å². The summed E-state index contributed by atoms with van der Waals surface area (Å²) in [6, 6.07) is 16.1. The molecule has 18 heavy (non-hydrogen) atoms. The van der Waals surface area contributed by atoms with Crippen molar-refractivity contribution in [2.24, 2.45) is 5.10 Å². The molecule has 1 N–H and O–H groups in total. The van der Waals surface area contributed by atoms with Crippen molar-refractivity contribution < 1.29 is 4.39 Å². The van der Waals surface area contributed by atoms with Crippen molar-refractivity contribution in [3.05, 3.63) is 66.0 Å². The van der Waals surface area contributed by atoms with Crippen LogP contribution in [0, 0.1) is 5.82 Å². The van der Waals surface area contributed by atoms with Gasteiger partial charge in [-0.2, -0.15) is 5.10 Å². The number of rotatable bonds is 4. The zero-order valence-corrected chi connectivity index (χ0v) is 10.2. The summed E-state index contributed by atoms with van der Waals surface area (Å²) >= 11 is 0. The van der Waals surface area contributed by atoms with Gasteiger partial charge in [-0.05, 0) is 36.2 Å². The van der Waals surface area contributed by atoms with Crippen LogP contribution in [0.3, 0.4) is 0 Å². The third-order valence-corrected chi connectivity index (χ3v) is 2.61. The minimum Gasteiger partial charge on any atom is -0.278 e. The molecule has 0 atom stereocenters. The molecule has 0 amide bonds. The maximum absolute atomic E-state index is 12.8. The smallest absolute Gasteiger partial charge is 0.123 e. The molecule has 3 heteroatoms. The first kappa shape index (κ1) is 12.3. The SMILES string of the molecule is CC/C(=N/Nc1ccc(F)cc1)c1ccccc1. The Balaban J connectivity index is 2.14. The number of hydrazone groups is 1. The Labute approximate surface area is 106 Å². The number of halogens is 1. The van der Waals surface area contributed by atoms with Gasteiger partial charge in [-0.1, -0.05) is 37.3 Å². The number of hydrogen-bond acceptors (Lipinski definition) is 2. The lowest BCUT2D eigenvalue weighted by Crippen LogP contribution is -2.02. The van der Waals surface area contributed by atoms with Crippen molar-refractivity contribution in [3.63, 3.8) is 0 Å². The van der Waals surface area contributed by atoms with Crippen LogP contribution in [0.4, 0.5) is 10.1 Å². The molecular weight excluding hydrogens is 227 g/mol. The minimum absolute atomic E-state index is 0.247. The van der Waals surface area contributed by atoms with Crippen LogP contribution in [0.5, 0.6) is 0 Å². The summed E-state index contributed by atoms with van der Waals surface area (Å²) in [6.45, 7) is 2.05. The fourth-order valence-electron chi connectivity index (χ4n) is 1.63. The van der Waals surface area contributed by atoms with E-state index in [1.54, 1.807) is 12.1 Å². The number of anilines is 1. The first-order valence-electron chi connectivity index (χ1n) is 5.93. The average molecular weight is 242 g/mol. The third-order valence-electron chi connectivity index (χ3n) is 2.61. The normalized spacial score (nSPS) is 11.3. The van der Waals surface area contributed by atoms with Crippen molar-refractivity contribution in [3.8, 4) is 0 Å². The van der Waals surface area contributed by atoms with Gasteiger partial charge in [0.15, 0.2) is 0 Å². The molecule has 0 saturated carbocycles. The molecule has 0 aliphatic rings. The van der Waals surface area contributed by atoms with E-state index in [0.29, 0.717) is 0 Å². The first-order chi connectivity index (χ1) is 8.79. The van der Waals surface area contributed by atoms with Gasteiger partial charge < -0.3 is 0 Å². The van der Waals surface area contributed by atoms with Crippen LogP contribution in [-0.4, -0.2) is 5.71 Å². The van der Waals surface area contributed by atoms with Gasteiger partial charge in [-0.15, -0.1) is 0 Å². The van der Waals surface area contributed by atoms with Gasteiger partial charge in [-0.25, -0.2) is 4.39 Å². The molecule has 0 aliphatic heterocycles. The molecule has 92 valence electrons. The first-order valence-corrected chi connectivity index (χ1v) is 5.93. The zero-order valence-electron chi connectivity index (χ0n) is 10.2. The van der Waals surface area contributed by atoms with Crippen molar-refractivity contribution in [1.82, 2.24) is 0 Å². The Hall–Kier alpha value is -2.16. The third kappa shape index (κ3) is 3.17. The molecule has 0 heterocycles. The molecule has 0 fully saturated rings. The number of nitrogens with zero attached hydrogens (tertiary/aromatic N) is 1. The van der Waals surface area contributed by atoms with Crippen LogP contribution >= 0.6 is 0 Å². The highest BCUT2D eigenvalue weighted by Crippen LogP contribution is 2.10. The van der Waals surface area contributed by atoms with Crippen LogP contribution in [-0.2, 0) is 0 Å². The molecule has 2 aromatic rings. The van der Waals surface area contributed by atoms with E-state index in [1.807, 2.05) is 30.3 Å². The van der Waals surface area contributed by atoms with E-state index in [-0.39, 0.29) is 5.82 Å². The summed E-state index contributed by atoms with van der Waals surface area (Å²) in [6.07, 6.45) is 0.832. The molecule has 2 rings (SSSR count). The molecular formula is C15H15FN2. The topological polar surface area (TPSA) is 24.4 Å². The summed E-state index contributed by atoms with van der Waals surface area (Å²) < 4.78 is 12.8. The standard InChI is InChI=1S/C15H15FN2/c1-2-15(12-6-4-3-5-7-12)18-17-14-10-8-13(16)9-11-14/h3-11,17H,2H2,1H3/b18-15-. The Kier molecular flexibility index (Phi) is 4.07. The van der Waals surface area contributed by atoms with Gasteiger partial charge in [0.25, 0.3) is 0 Å². The fourth-order valence-corrected chi connectivity index (χ4v) is 1.63. The van der Waals surface area contributed by atoms with Gasteiger partial charge in [-0.3, -0.25) is 5.43 Å². The average Bonchev–Trinajstić information content (AvgIpc) is 2.43. The molecule has 0 spiro atoms. The van der Waals surface area contributed by atoms with Crippen LogP contribution in [0.1, 0.15) is 18.9 Å². The van der Waals surface area contributed by atoms with Gasteiger partial charge in [0.2, 0.25) is 0 Å². The monoisotopic (exact) mass is 242 g/mol. The number of hydrogen-bond donors (Lipinski definition) is 1. The minimum atomic E-state index is -0.247. The van der Waals surface area contributed by atoms with E-state index in [2.05, 4.69) is 17.5 Å². The van der Waals surface area contributed by atoms with E-state index in [0.717, 1.165) is 23.4 Å². The Morgan fingerprint density at radius 2 is 1.72 bits per heavy atom. The highest BCUT2D eigenvalue weighted by atomic mass is 19.1. The van der Waals surface area contributed by atoms with Crippen molar-refractivity contribution in [2.75, 3.05) is 5.43 Å². The Bertz CT molecular complexity index is 518. The van der Waals surface area contributed by atoms with E-state index in [9.17, 15) is 4.39 Å². The quantitative estimate of drug-likeness (QED) is 0.634. The molecule has 0 unspecified atom stereocenters. The van der Waals surface area contributed by atoms with Crippen molar-refractivity contribution in [1.29, 1.82) is 0 Å². The molecule has 0 aliphatic carbocycles. The van der Waals surface area contributed by atoms with Crippen LogP contribution in [0.25, 0.3) is 0 Å². The van der Waals surface area contributed by atoms with Crippen molar-refractivity contribution >= 4 is 11.4 Å². The molecule has 0 radical (unpaired) electrons. The van der Waals surface area contributed by atoms with Gasteiger partial charge in [0.05, 0.1) is 11.4 Å². The van der Waals surface area contributed by atoms with E-state index >= 15 is 0 Å². The Morgan fingerprint density at radius 3 is 2.33 bits per heavy atom. The second kappa shape index (κ2) is 5.96. The van der Waals surface area contributed by atoms with Crippen molar-refractivity contribution in [2.45, 2.75) is 13.3 Å². The summed E-state index contributed by atoms with van der Waals surface area (Å²) in [5.74, 6) is -0.247. The summed E-state index contributed by atoms with van der Waals surface area (Å²) in [4.78, 5) is 0. The summed E-state index contributed by atoms with van der Waals surface area (Å²) in [5, 5.41) is 4.36. The summed E-state index contributed by atoms with van der Waals surface area (Å²) in [7, 11) is 0. The van der Waals surface area contributed by atoms with Gasteiger partial charge in [0, 0.05) is 0 Å². The highest BCUT2D eigenvalue weighted by Gasteiger charge is 1.99. The lowest BCUT2D eigenvalue weighted by atomic mass is 10.1. The molecule has 0 aromatic heterocycles. The predicted molar refractivity (Wildman–Crippen MR) is 73.3 cm³/mol. The molecule has 2 nitrogen and oxygen atoms in total. The Morgan fingerprint density at radius 1 is 1.06 bits per heavy atom. The second-order valence-corrected chi connectivity index (χ2v) is 3.90. The zero-order chi connectivity index (χ0) is 12.8. The lowest BCUT2D eigenvalue weighted by molar-refractivity contribution is 0.628. The number of nitrogens with one attached hydrogen (secondary N) is 1.